The Kier molecular flexibility index (Phi) is 8.05. The number of amides is 1. The second-order valence-corrected chi connectivity index (χ2v) is 2.56. The van der Waals surface area contributed by atoms with Gasteiger partial charge < -0.3 is 15.7 Å². The van der Waals surface area contributed by atoms with Gasteiger partial charge in [0.15, 0.2) is 0 Å². The lowest BCUT2D eigenvalue weighted by atomic mass is 10.3. The van der Waals surface area contributed by atoms with E-state index in [9.17, 15) is 4.79 Å². The summed E-state index contributed by atoms with van der Waals surface area (Å²) in [6.45, 7) is 3.96. The lowest BCUT2D eigenvalue weighted by Gasteiger charge is -2.03. The number of nitrogens with one attached hydrogen (secondary N) is 2. The Morgan fingerprint density at radius 1 is 1.42 bits per heavy atom. The Labute approximate surface area is 73.3 Å². The van der Waals surface area contributed by atoms with E-state index in [0.29, 0.717) is 13.1 Å². The van der Waals surface area contributed by atoms with E-state index in [1.54, 1.807) is 0 Å². The lowest BCUT2D eigenvalue weighted by Crippen LogP contribution is -2.34. The average molecular weight is 174 g/mol. The standard InChI is InChI=1S/C8H18N2O2/c1-2-10-8(12)7-9-5-3-4-6-11/h9,11H,2-7H2,1H3,(H,10,12). The third-order valence-corrected chi connectivity index (χ3v) is 1.42. The molecule has 0 aliphatic heterocycles. The summed E-state index contributed by atoms with van der Waals surface area (Å²) in [7, 11) is 0. The number of aliphatic hydroxyl groups excluding tert-OH is 1. The Balaban J connectivity index is 3.03. The Hall–Kier alpha value is -0.610. The second kappa shape index (κ2) is 8.49. The zero-order valence-electron chi connectivity index (χ0n) is 7.60. The van der Waals surface area contributed by atoms with Crippen molar-refractivity contribution in [2.24, 2.45) is 0 Å². The Bertz CT molecular complexity index is 118. The van der Waals surface area contributed by atoms with Gasteiger partial charge in [0, 0.05) is 13.2 Å². The van der Waals surface area contributed by atoms with Crippen LogP contribution in [0, 0.1) is 0 Å². The van der Waals surface area contributed by atoms with Gasteiger partial charge in [0.2, 0.25) is 5.91 Å². The van der Waals surface area contributed by atoms with E-state index in [4.69, 9.17) is 5.11 Å². The number of likely N-dealkylation sites (N-methyl/N-ethyl adjacent to an activating group) is 1. The Morgan fingerprint density at radius 2 is 2.17 bits per heavy atom. The van der Waals surface area contributed by atoms with Crippen molar-refractivity contribution in [3.05, 3.63) is 0 Å². The third kappa shape index (κ3) is 7.50. The molecule has 0 aliphatic carbocycles. The van der Waals surface area contributed by atoms with Gasteiger partial charge in [-0.15, -0.1) is 0 Å². The van der Waals surface area contributed by atoms with Gasteiger partial charge in [-0.05, 0) is 26.3 Å². The molecular weight excluding hydrogens is 156 g/mol. The van der Waals surface area contributed by atoms with Crippen molar-refractivity contribution >= 4 is 5.91 Å². The second-order valence-electron chi connectivity index (χ2n) is 2.56. The van der Waals surface area contributed by atoms with E-state index in [2.05, 4.69) is 10.6 Å². The SMILES string of the molecule is CCNC(=O)CNCCCCO. The molecule has 0 aliphatic rings. The van der Waals surface area contributed by atoms with Crippen LogP contribution in [-0.4, -0.2) is 37.3 Å². The summed E-state index contributed by atoms with van der Waals surface area (Å²) < 4.78 is 0. The molecule has 4 nitrogen and oxygen atoms in total. The van der Waals surface area contributed by atoms with Crippen LogP contribution in [0.4, 0.5) is 0 Å². The summed E-state index contributed by atoms with van der Waals surface area (Å²) in [4.78, 5) is 10.9. The van der Waals surface area contributed by atoms with E-state index in [1.165, 1.54) is 0 Å². The average Bonchev–Trinajstić information content (AvgIpc) is 2.05. The summed E-state index contributed by atoms with van der Waals surface area (Å²) in [5.41, 5.74) is 0. The molecular formula is C8H18N2O2. The topological polar surface area (TPSA) is 61.4 Å². The maximum absolute atomic E-state index is 10.9. The highest BCUT2D eigenvalue weighted by Crippen LogP contribution is 1.82. The van der Waals surface area contributed by atoms with Gasteiger partial charge in [0.1, 0.15) is 0 Å². The molecule has 0 bridgehead atoms. The first-order valence-corrected chi connectivity index (χ1v) is 4.39. The highest BCUT2D eigenvalue weighted by molar-refractivity contribution is 5.77. The summed E-state index contributed by atoms with van der Waals surface area (Å²) >= 11 is 0. The van der Waals surface area contributed by atoms with E-state index in [1.807, 2.05) is 6.92 Å². The van der Waals surface area contributed by atoms with Gasteiger partial charge in [-0.3, -0.25) is 4.79 Å². The van der Waals surface area contributed by atoms with Crippen LogP contribution in [0.5, 0.6) is 0 Å². The predicted molar refractivity (Wildman–Crippen MR) is 47.9 cm³/mol. The highest BCUT2D eigenvalue weighted by Gasteiger charge is 1.96. The molecule has 0 spiro atoms. The molecule has 0 saturated carbocycles. The van der Waals surface area contributed by atoms with Crippen LogP contribution >= 0.6 is 0 Å². The van der Waals surface area contributed by atoms with Crippen LogP contribution in [0.3, 0.4) is 0 Å². The fraction of sp³-hybridized carbons (Fsp3) is 0.875. The maximum atomic E-state index is 10.9. The molecule has 1 amide bonds. The quantitative estimate of drug-likeness (QED) is 0.455. The smallest absolute Gasteiger partial charge is 0.233 e. The molecule has 3 N–H and O–H groups in total. The first-order chi connectivity index (χ1) is 5.81. The summed E-state index contributed by atoms with van der Waals surface area (Å²) in [6, 6.07) is 0. The van der Waals surface area contributed by atoms with Crippen molar-refractivity contribution < 1.29 is 9.90 Å². The van der Waals surface area contributed by atoms with Gasteiger partial charge in [-0.1, -0.05) is 0 Å². The van der Waals surface area contributed by atoms with E-state index >= 15 is 0 Å². The number of unbranched alkanes of at least 4 members (excludes halogenated alkanes) is 1. The minimum atomic E-state index is 0.0292. The van der Waals surface area contributed by atoms with Gasteiger partial charge in [0.05, 0.1) is 6.54 Å². The molecule has 4 heteroatoms. The minimum Gasteiger partial charge on any atom is -0.396 e. The molecule has 0 atom stereocenters. The first kappa shape index (κ1) is 11.4. The van der Waals surface area contributed by atoms with Gasteiger partial charge in [0.25, 0.3) is 0 Å². The number of carbonyl (C=O) groups is 1. The van der Waals surface area contributed by atoms with Gasteiger partial charge in [-0.25, -0.2) is 0 Å². The monoisotopic (exact) mass is 174 g/mol. The number of aliphatic hydroxyl groups is 1. The van der Waals surface area contributed by atoms with E-state index < -0.39 is 0 Å². The number of rotatable bonds is 7. The van der Waals surface area contributed by atoms with Crippen LogP contribution in [0.2, 0.25) is 0 Å². The molecule has 0 radical (unpaired) electrons. The predicted octanol–water partition coefficient (Wildman–Crippen LogP) is -0.515. The Morgan fingerprint density at radius 3 is 2.75 bits per heavy atom. The summed E-state index contributed by atoms with van der Waals surface area (Å²) in [5, 5.41) is 14.1. The fourth-order valence-corrected chi connectivity index (χ4v) is 0.823. The molecule has 0 fully saturated rings. The number of hydrogen-bond acceptors (Lipinski definition) is 3. The van der Waals surface area contributed by atoms with Gasteiger partial charge in [-0.2, -0.15) is 0 Å². The van der Waals surface area contributed by atoms with Crippen LogP contribution in [0.25, 0.3) is 0 Å². The van der Waals surface area contributed by atoms with Crippen molar-refractivity contribution in [2.45, 2.75) is 19.8 Å². The normalized spacial score (nSPS) is 9.83. The van der Waals surface area contributed by atoms with Crippen molar-refractivity contribution in [1.29, 1.82) is 0 Å². The van der Waals surface area contributed by atoms with Gasteiger partial charge >= 0.3 is 0 Å². The minimum absolute atomic E-state index is 0.0292. The third-order valence-electron chi connectivity index (χ3n) is 1.42. The van der Waals surface area contributed by atoms with E-state index in [-0.39, 0.29) is 12.5 Å². The van der Waals surface area contributed by atoms with Crippen LogP contribution in [0.15, 0.2) is 0 Å². The highest BCUT2D eigenvalue weighted by atomic mass is 16.2. The molecule has 0 rings (SSSR count). The molecule has 0 aromatic carbocycles. The number of hydrogen-bond donors (Lipinski definition) is 3. The zero-order valence-corrected chi connectivity index (χ0v) is 7.60. The molecule has 0 saturated heterocycles. The summed E-state index contributed by atoms with van der Waals surface area (Å²) in [6.07, 6.45) is 1.71. The fourth-order valence-electron chi connectivity index (χ4n) is 0.823. The van der Waals surface area contributed by atoms with Crippen molar-refractivity contribution in [2.75, 3.05) is 26.2 Å². The molecule has 0 aromatic rings. The van der Waals surface area contributed by atoms with Crippen molar-refractivity contribution in [3.63, 3.8) is 0 Å². The molecule has 0 aromatic heterocycles. The molecule has 0 unspecified atom stereocenters. The van der Waals surface area contributed by atoms with E-state index in [0.717, 1.165) is 19.4 Å². The molecule has 0 heterocycles. The molecule has 72 valence electrons. The summed E-state index contributed by atoms with van der Waals surface area (Å²) in [5.74, 6) is 0.0292. The largest absolute Gasteiger partial charge is 0.396 e. The van der Waals surface area contributed by atoms with Crippen LogP contribution in [-0.2, 0) is 4.79 Å². The maximum Gasteiger partial charge on any atom is 0.233 e. The van der Waals surface area contributed by atoms with Crippen molar-refractivity contribution in [1.82, 2.24) is 10.6 Å². The zero-order chi connectivity index (χ0) is 9.23. The van der Waals surface area contributed by atoms with Crippen molar-refractivity contribution in [3.8, 4) is 0 Å². The lowest BCUT2D eigenvalue weighted by molar-refractivity contribution is -0.120. The molecule has 12 heavy (non-hydrogen) atoms. The number of carbonyl (C=O) groups excluding carboxylic acids is 1. The van der Waals surface area contributed by atoms with Crippen LogP contribution in [0.1, 0.15) is 19.8 Å². The first-order valence-electron chi connectivity index (χ1n) is 4.39. The van der Waals surface area contributed by atoms with Crippen LogP contribution < -0.4 is 10.6 Å².